The number of rotatable bonds is 0. The van der Waals surface area contributed by atoms with Crippen LogP contribution in [0.3, 0.4) is 0 Å². The average molecular weight is 118 g/mol. The first-order valence-corrected chi connectivity index (χ1v) is 3.52. The predicted octanol–water partition coefficient (Wildman–Crippen LogP) is 1.98. The number of allylic oxidation sites excluding steroid dienone is 2. The number of hydrogen-bond donors (Lipinski definition) is 0. The molecule has 0 heterocycles. The van der Waals surface area contributed by atoms with Crippen molar-refractivity contribution in [2.45, 2.75) is 19.3 Å². The smallest absolute Gasteiger partial charge is 0.0497 e. The Hall–Kier alpha value is -0.700. The Morgan fingerprint density at radius 1 is 1.67 bits per heavy atom. The molecular weight excluding hydrogens is 108 g/mol. The van der Waals surface area contributed by atoms with Gasteiger partial charge in [0.2, 0.25) is 0 Å². The standard InChI is InChI=1S/C9H10/c1-2-9-5-3-8(7-9)4-6-9/h1,3,5,8H,4,6-7H2. The SMILES string of the molecule is C#CC12C=CC(CC1)C2. The van der Waals surface area contributed by atoms with Crippen LogP contribution in [0.1, 0.15) is 19.3 Å². The number of hydrogen-bond acceptors (Lipinski definition) is 0. The summed E-state index contributed by atoms with van der Waals surface area (Å²) in [5.41, 5.74) is 0.199. The van der Waals surface area contributed by atoms with Crippen molar-refractivity contribution in [3.8, 4) is 12.3 Å². The summed E-state index contributed by atoms with van der Waals surface area (Å²) in [7, 11) is 0. The molecule has 46 valence electrons. The van der Waals surface area contributed by atoms with E-state index < -0.39 is 0 Å². The fourth-order valence-electron chi connectivity index (χ4n) is 1.93. The highest BCUT2D eigenvalue weighted by Crippen LogP contribution is 2.48. The Bertz CT molecular complexity index is 195. The largest absolute Gasteiger partial charge is 0.119 e. The molecule has 0 heteroatoms. The van der Waals surface area contributed by atoms with Crippen LogP contribution in [0.5, 0.6) is 0 Å². The van der Waals surface area contributed by atoms with Crippen LogP contribution in [0.15, 0.2) is 12.2 Å². The third-order valence-corrected chi connectivity index (χ3v) is 2.56. The second-order valence-electron chi connectivity index (χ2n) is 3.16. The van der Waals surface area contributed by atoms with E-state index in [0.29, 0.717) is 0 Å². The van der Waals surface area contributed by atoms with Crippen molar-refractivity contribution in [2.24, 2.45) is 11.3 Å². The first kappa shape index (κ1) is 5.11. The molecule has 0 aromatic rings. The molecule has 0 aromatic carbocycles. The van der Waals surface area contributed by atoms with Crippen LogP contribution in [0, 0.1) is 23.7 Å². The van der Waals surface area contributed by atoms with Gasteiger partial charge in [0, 0.05) is 5.41 Å². The molecule has 2 rings (SSSR count). The minimum Gasteiger partial charge on any atom is -0.119 e. The average Bonchev–Trinajstić information content (AvgIpc) is 2.46. The van der Waals surface area contributed by atoms with Gasteiger partial charge in [0.15, 0.2) is 0 Å². The van der Waals surface area contributed by atoms with Gasteiger partial charge < -0.3 is 0 Å². The molecule has 2 aliphatic rings. The van der Waals surface area contributed by atoms with Gasteiger partial charge in [-0.25, -0.2) is 0 Å². The molecule has 1 saturated carbocycles. The number of terminal acetylenes is 1. The van der Waals surface area contributed by atoms with Gasteiger partial charge >= 0.3 is 0 Å². The second-order valence-corrected chi connectivity index (χ2v) is 3.16. The van der Waals surface area contributed by atoms with E-state index in [-0.39, 0.29) is 5.41 Å². The van der Waals surface area contributed by atoms with Crippen LogP contribution in [0.4, 0.5) is 0 Å². The van der Waals surface area contributed by atoms with Crippen LogP contribution in [-0.2, 0) is 0 Å². The van der Waals surface area contributed by atoms with E-state index in [1.165, 1.54) is 19.3 Å². The zero-order valence-corrected chi connectivity index (χ0v) is 5.43. The molecule has 9 heavy (non-hydrogen) atoms. The summed E-state index contributed by atoms with van der Waals surface area (Å²) < 4.78 is 0. The maximum Gasteiger partial charge on any atom is 0.0497 e. The Labute approximate surface area is 56.0 Å². The quantitative estimate of drug-likeness (QED) is 0.337. The highest BCUT2D eigenvalue weighted by atomic mass is 14.4. The highest BCUT2D eigenvalue weighted by molar-refractivity contribution is 5.26. The molecule has 1 fully saturated rings. The third-order valence-electron chi connectivity index (χ3n) is 2.56. The zero-order valence-electron chi connectivity index (χ0n) is 5.43. The highest BCUT2D eigenvalue weighted by Gasteiger charge is 2.38. The monoisotopic (exact) mass is 118 g/mol. The predicted molar refractivity (Wildman–Crippen MR) is 37.7 cm³/mol. The summed E-state index contributed by atoms with van der Waals surface area (Å²) in [6.45, 7) is 0. The molecule has 0 aromatic heterocycles. The van der Waals surface area contributed by atoms with E-state index in [2.05, 4.69) is 18.1 Å². The Kier molecular flexibility index (Phi) is 0.805. The van der Waals surface area contributed by atoms with Crippen LogP contribution in [0.25, 0.3) is 0 Å². The second kappa shape index (κ2) is 1.42. The Balaban J connectivity index is 2.36. The summed E-state index contributed by atoms with van der Waals surface area (Å²) in [4.78, 5) is 0. The first-order chi connectivity index (χ1) is 4.35. The molecule has 0 N–H and O–H groups in total. The van der Waals surface area contributed by atoms with Crippen LogP contribution in [-0.4, -0.2) is 0 Å². The topological polar surface area (TPSA) is 0 Å². The lowest BCUT2D eigenvalue weighted by molar-refractivity contribution is 0.548. The molecule has 0 radical (unpaired) electrons. The van der Waals surface area contributed by atoms with E-state index >= 15 is 0 Å². The van der Waals surface area contributed by atoms with Gasteiger partial charge in [-0.05, 0) is 25.2 Å². The maximum absolute atomic E-state index is 5.40. The molecule has 0 nitrogen and oxygen atoms in total. The van der Waals surface area contributed by atoms with Crippen LogP contribution in [0.2, 0.25) is 0 Å². The van der Waals surface area contributed by atoms with Gasteiger partial charge in [0.05, 0.1) is 0 Å². The van der Waals surface area contributed by atoms with Gasteiger partial charge in [0.1, 0.15) is 0 Å². The first-order valence-electron chi connectivity index (χ1n) is 3.52. The van der Waals surface area contributed by atoms with Gasteiger partial charge in [-0.2, -0.15) is 0 Å². The van der Waals surface area contributed by atoms with E-state index in [9.17, 15) is 0 Å². The van der Waals surface area contributed by atoms with Crippen molar-refractivity contribution < 1.29 is 0 Å². The van der Waals surface area contributed by atoms with E-state index in [0.717, 1.165) is 5.92 Å². The van der Waals surface area contributed by atoms with Gasteiger partial charge in [-0.1, -0.05) is 18.1 Å². The molecule has 0 saturated heterocycles. The molecule has 2 unspecified atom stereocenters. The Morgan fingerprint density at radius 3 is 2.78 bits per heavy atom. The molecular formula is C9H10. The van der Waals surface area contributed by atoms with E-state index in [4.69, 9.17) is 6.42 Å². The summed E-state index contributed by atoms with van der Waals surface area (Å²) >= 11 is 0. The third kappa shape index (κ3) is 0.551. The molecule has 0 amide bonds. The maximum atomic E-state index is 5.40. The van der Waals surface area contributed by atoms with Crippen LogP contribution < -0.4 is 0 Å². The van der Waals surface area contributed by atoms with Crippen molar-refractivity contribution in [3.05, 3.63) is 12.2 Å². The van der Waals surface area contributed by atoms with Crippen molar-refractivity contribution in [3.63, 3.8) is 0 Å². The minimum atomic E-state index is 0.199. The normalized spacial score (nSPS) is 45.4. The Morgan fingerprint density at radius 2 is 2.56 bits per heavy atom. The summed E-state index contributed by atoms with van der Waals surface area (Å²) in [6.07, 6.45) is 13.7. The summed E-state index contributed by atoms with van der Waals surface area (Å²) in [5, 5.41) is 0. The molecule has 2 aliphatic carbocycles. The van der Waals surface area contributed by atoms with Gasteiger partial charge in [-0.3, -0.25) is 0 Å². The van der Waals surface area contributed by atoms with Crippen LogP contribution >= 0.6 is 0 Å². The summed E-state index contributed by atoms with van der Waals surface area (Å²) in [6, 6.07) is 0. The molecule has 0 aliphatic heterocycles. The summed E-state index contributed by atoms with van der Waals surface area (Å²) in [5.74, 6) is 3.70. The fraction of sp³-hybridized carbons (Fsp3) is 0.556. The number of fused-ring (bicyclic) bond motifs is 2. The van der Waals surface area contributed by atoms with E-state index in [1.54, 1.807) is 0 Å². The lowest BCUT2D eigenvalue weighted by Gasteiger charge is -2.13. The van der Waals surface area contributed by atoms with Crippen molar-refractivity contribution in [2.75, 3.05) is 0 Å². The van der Waals surface area contributed by atoms with Gasteiger partial charge in [0.25, 0.3) is 0 Å². The van der Waals surface area contributed by atoms with Gasteiger partial charge in [-0.15, -0.1) is 6.42 Å². The lowest BCUT2D eigenvalue weighted by atomic mass is 9.89. The van der Waals surface area contributed by atoms with E-state index in [1.807, 2.05) is 0 Å². The van der Waals surface area contributed by atoms with Crippen molar-refractivity contribution in [1.29, 1.82) is 0 Å². The molecule has 0 spiro atoms. The zero-order chi connectivity index (χ0) is 6.32. The lowest BCUT2D eigenvalue weighted by Crippen LogP contribution is -2.06. The minimum absolute atomic E-state index is 0.199. The van der Waals surface area contributed by atoms with Crippen molar-refractivity contribution in [1.82, 2.24) is 0 Å². The molecule has 2 bridgehead atoms. The van der Waals surface area contributed by atoms with Crippen molar-refractivity contribution >= 4 is 0 Å². The molecule has 2 atom stereocenters. The fourth-order valence-corrected chi connectivity index (χ4v) is 1.93.